The maximum Gasteiger partial charge on any atom is 0.161 e. The average Bonchev–Trinajstić information content (AvgIpc) is 2.59. The zero-order chi connectivity index (χ0) is 19.7. The Labute approximate surface area is 160 Å². The van der Waals surface area contributed by atoms with E-state index in [-0.39, 0.29) is 18.6 Å². The minimum atomic E-state index is -0.548. The van der Waals surface area contributed by atoms with Gasteiger partial charge in [0, 0.05) is 5.54 Å². The summed E-state index contributed by atoms with van der Waals surface area (Å²) in [5.41, 5.74) is 6.91. The van der Waals surface area contributed by atoms with Gasteiger partial charge in [0.2, 0.25) is 0 Å². The van der Waals surface area contributed by atoms with Crippen molar-refractivity contribution in [2.24, 2.45) is 17.6 Å². The van der Waals surface area contributed by atoms with Crippen LogP contribution in [0.25, 0.3) is 0 Å². The molecule has 0 aliphatic rings. The summed E-state index contributed by atoms with van der Waals surface area (Å²) in [7, 11) is 1.67. The first-order valence-corrected chi connectivity index (χ1v) is 9.95. The van der Waals surface area contributed by atoms with Crippen molar-refractivity contribution in [3.8, 4) is 11.5 Å². The van der Waals surface area contributed by atoms with Gasteiger partial charge >= 0.3 is 0 Å². The van der Waals surface area contributed by atoms with E-state index < -0.39 is 5.54 Å². The van der Waals surface area contributed by atoms with Gasteiger partial charge < -0.3 is 20.3 Å². The number of hydrogen-bond donors (Lipinski definition) is 2. The molecule has 0 spiro atoms. The van der Waals surface area contributed by atoms with Crippen molar-refractivity contribution in [2.75, 3.05) is 13.7 Å². The molecule has 0 fully saturated rings. The molecule has 0 aliphatic heterocycles. The Morgan fingerprint density at radius 2 is 1.77 bits per heavy atom. The van der Waals surface area contributed by atoms with Gasteiger partial charge in [0.25, 0.3) is 0 Å². The molecule has 0 amide bonds. The van der Waals surface area contributed by atoms with Crippen molar-refractivity contribution in [3.63, 3.8) is 0 Å². The molecule has 0 saturated heterocycles. The van der Waals surface area contributed by atoms with Crippen molar-refractivity contribution in [1.82, 2.24) is 0 Å². The van der Waals surface area contributed by atoms with Crippen LogP contribution in [0.15, 0.2) is 18.2 Å². The van der Waals surface area contributed by atoms with Gasteiger partial charge in [-0.3, -0.25) is 0 Å². The van der Waals surface area contributed by atoms with Crippen molar-refractivity contribution in [2.45, 2.75) is 78.4 Å². The average molecular weight is 366 g/mol. The van der Waals surface area contributed by atoms with Crippen LogP contribution in [0.5, 0.6) is 11.5 Å². The fraction of sp³-hybridized carbons (Fsp3) is 0.727. The second-order valence-corrected chi connectivity index (χ2v) is 8.28. The molecule has 0 aromatic heterocycles. The lowest BCUT2D eigenvalue weighted by Crippen LogP contribution is -2.48. The molecule has 0 heterocycles. The lowest BCUT2D eigenvalue weighted by molar-refractivity contribution is 0.146. The number of aliphatic hydroxyl groups excluding tert-OH is 1. The Kier molecular flexibility index (Phi) is 9.45. The second kappa shape index (κ2) is 10.8. The van der Waals surface area contributed by atoms with Gasteiger partial charge in [-0.2, -0.15) is 0 Å². The molecular weight excluding hydrogens is 326 g/mol. The summed E-state index contributed by atoms with van der Waals surface area (Å²) in [6, 6.07) is 6.07. The highest BCUT2D eigenvalue weighted by Crippen LogP contribution is 2.31. The molecule has 26 heavy (non-hydrogen) atoms. The molecule has 1 rings (SSSR count). The van der Waals surface area contributed by atoms with E-state index in [9.17, 15) is 5.11 Å². The number of rotatable bonds is 12. The van der Waals surface area contributed by atoms with Crippen molar-refractivity contribution < 1.29 is 14.6 Å². The summed E-state index contributed by atoms with van der Waals surface area (Å²) >= 11 is 0. The zero-order valence-corrected chi connectivity index (χ0v) is 17.5. The molecule has 4 heteroatoms. The van der Waals surface area contributed by atoms with Gasteiger partial charge in [-0.05, 0) is 62.1 Å². The van der Waals surface area contributed by atoms with E-state index in [1.165, 1.54) is 12.8 Å². The SMILES string of the molecule is COc1cc(CCC(N)(CO)C(C)C)ccc1OC(C)CCCC(C)C. The second-order valence-electron chi connectivity index (χ2n) is 8.28. The van der Waals surface area contributed by atoms with Gasteiger partial charge in [0.15, 0.2) is 11.5 Å². The van der Waals surface area contributed by atoms with Gasteiger partial charge in [-0.25, -0.2) is 0 Å². The molecule has 1 aromatic rings. The Hall–Kier alpha value is -1.26. The van der Waals surface area contributed by atoms with Crippen LogP contribution >= 0.6 is 0 Å². The van der Waals surface area contributed by atoms with Crippen LogP contribution in [0.3, 0.4) is 0 Å². The maximum absolute atomic E-state index is 9.61. The molecule has 0 saturated carbocycles. The van der Waals surface area contributed by atoms with Crippen LogP contribution in [0.1, 0.15) is 65.9 Å². The molecule has 0 radical (unpaired) electrons. The number of hydrogen-bond acceptors (Lipinski definition) is 4. The fourth-order valence-electron chi connectivity index (χ4n) is 2.98. The third-order valence-electron chi connectivity index (χ3n) is 5.27. The largest absolute Gasteiger partial charge is 0.493 e. The summed E-state index contributed by atoms with van der Waals surface area (Å²) in [5, 5.41) is 9.61. The van der Waals surface area contributed by atoms with Gasteiger partial charge in [0.1, 0.15) is 0 Å². The van der Waals surface area contributed by atoms with Crippen molar-refractivity contribution in [1.29, 1.82) is 0 Å². The van der Waals surface area contributed by atoms with Crippen LogP contribution < -0.4 is 15.2 Å². The number of benzene rings is 1. The normalized spacial score (nSPS) is 15.2. The maximum atomic E-state index is 9.61. The van der Waals surface area contributed by atoms with Gasteiger partial charge in [-0.15, -0.1) is 0 Å². The molecule has 4 nitrogen and oxygen atoms in total. The van der Waals surface area contributed by atoms with E-state index in [4.69, 9.17) is 15.2 Å². The Bertz CT molecular complexity index is 530. The summed E-state index contributed by atoms with van der Waals surface area (Å²) in [6.07, 6.45) is 5.15. The first-order chi connectivity index (χ1) is 12.2. The zero-order valence-electron chi connectivity index (χ0n) is 17.5. The minimum Gasteiger partial charge on any atom is -0.493 e. The third kappa shape index (κ3) is 7.16. The molecule has 0 bridgehead atoms. The number of aliphatic hydroxyl groups is 1. The lowest BCUT2D eigenvalue weighted by Gasteiger charge is -2.31. The summed E-state index contributed by atoms with van der Waals surface area (Å²) in [4.78, 5) is 0. The van der Waals surface area contributed by atoms with Gasteiger partial charge in [-0.1, -0.05) is 40.2 Å². The number of aryl methyl sites for hydroxylation is 1. The van der Waals surface area contributed by atoms with E-state index in [0.29, 0.717) is 0 Å². The van der Waals surface area contributed by atoms with Crippen LogP contribution in [-0.2, 0) is 6.42 Å². The monoisotopic (exact) mass is 365 g/mol. The smallest absolute Gasteiger partial charge is 0.161 e. The Morgan fingerprint density at radius 3 is 2.31 bits per heavy atom. The first-order valence-electron chi connectivity index (χ1n) is 9.95. The van der Waals surface area contributed by atoms with E-state index in [1.54, 1.807) is 7.11 Å². The molecule has 2 atom stereocenters. The lowest BCUT2D eigenvalue weighted by atomic mass is 9.83. The summed E-state index contributed by atoms with van der Waals surface area (Å²) in [5.74, 6) is 2.51. The quantitative estimate of drug-likeness (QED) is 0.569. The standard InChI is InChI=1S/C22H39NO3/c1-16(2)8-7-9-18(5)26-20-11-10-19(14-21(20)25-6)12-13-22(23,15-24)17(3)4/h10-11,14,16-18,24H,7-9,12-13,15,23H2,1-6H3. The molecule has 150 valence electrons. The molecule has 3 N–H and O–H groups in total. The molecular formula is C22H39NO3. The first kappa shape index (κ1) is 22.8. The van der Waals surface area contributed by atoms with Crippen LogP contribution in [-0.4, -0.2) is 30.5 Å². The summed E-state index contributed by atoms with van der Waals surface area (Å²) < 4.78 is 11.6. The highest BCUT2D eigenvalue weighted by atomic mass is 16.5. The van der Waals surface area contributed by atoms with Crippen LogP contribution in [0.2, 0.25) is 0 Å². The van der Waals surface area contributed by atoms with Crippen LogP contribution in [0, 0.1) is 11.8 Å². The molecule has 1 aromatic carbocycles. The Balaban J connectivity index is 2.69. The van der Waals surface area contributed by atoms with E-state index in [1.807, 2.05) is 12.1 Å². The predicted molar refractivity (Wildman–Crippen MR) is 109 cm³/mol. The summed E-state index contributed by atoms with van der Waals surface area (Å²) in [6.45, 7) is 10.7. The van der Waals surface area contributed by atoms with Crippen molar-refractivity contribution >= 4 is 0 Å². The molecule has 2 unspecified atom stereocenters. The number of ether oxygens (including phenoxy) is 2. The number of methoxy groups -OCH3 is 1. The highest BCUT2D eigenvalue weighted by molar-refractivity contribution is 5.43. The van der Waals surface area contributed by atoms with E-state index in [2.05, 4.69) is 40.7 Å². The minimum absolute atomic E-state index is 0.00309. The molecule has 0 aliphatic carbocycles. The third-order valence-corrected chi connectivity index (χ3v) is 5.27. The topological polar surface area (TPSA) is 64.7 Å². The van der Waals surface area contributed by atoms with Gasteiger partial charge in [0.05, 0.1) is 19.8 Å². The van der Waals surface area contributed by atoms with E-state index in [0.717, 1.165) is 42.2 Å². The number of nitrogens with two attached hydrogens (primary N) is 1. The fourth-order valence-corrected chi connectivity index (χ4v) is 2.98. The van der Waals surface area contributed by atoms with Crippen molar-refractivity contribution in [3.05, 3.63) is 23.8 Å². The Morgan fingerprint density at radius 1 is 1.08 bits per heavy atom. The highest BCUT2D eigenvalue weighted by Gasteiger charge is 2.27. The van der Waals surface area contributed by atoms with E-state index >= 15 is 0 Å². The predicted octanol–water partition coefficient (Wildman–Crippen LogP) is 4.57. The van der Waals surface area contributed by atoms with Crippen LogP contribution in [0.4, 0.5) is 0 Å².